The Balaban J connectivity index is 1.81. The van der Waals surface area contributed by atoms with E-state index in [2.05, 4.69) is 0 Å². The quantitative estimate of drug-likeness (QED) is 0.479. The molecule has 2 N–H and O–H groups in total. The first-order valence-electron chi connectivity index (χ1n) is 8.44. The fourth-order valence-corrected chi connectivity index (χ4v) is 3.60. The fourth-order valence-electron chi connectivity index (χ4n) is 3.60. The van der Waals surface area contributed by atoms with Gasteiger partial charge in [0.15, 0.2) is 0 Å². The Morgan fingerprint density at radius 1 is 1.27 bits per heavy atom. The molecule has 9 nitrogen and oxygen atoms in total. The maximum Gasteiger partial charge on any atom is 0.271 e. The molecule has 2 aliphatic rings. The summed E-state index contributed by atoms with van der Waals surface area (Å²) in [7, 11) is 0. The van der Waals surface area contributed by atoms with Crippen LogP contribution >= 0.6 is 0 Å². The molecule has 26 heavy (non-hydrogen) atoms. The number of piperidine rings is 1. The summed E-state index contributed by atoms with van der Waals surface area (Å²) in [4.78, 5) is 50.0. The summed E-state index contributed by atoms with van der Waals surface area (Å²) >= 11 is 0. The molecule has 0 aromatic heterocycles. The van der Waals surface area contributed by atoms with Crippen LogP contribution in [0.5, 0.6) is 0 Å². The van der Waals surface area contributed by atoms with Crippen molar-refractivity contribution in [1.29, 1.82) is 0 Å². The number of amides is 3. The monoisotopic (exact) mass is 360 g/mol. The Labute approximate surface area is 149 Å². The van der Waals surface area contributed by atoms with Crippen LogP contribution in [-0.2, 0) is 14.4 Å². The van der Waals surface area contributed by atoms with Crippen LogP contribution in [0.25, 0.3) is 0 Å². The van der Waals surface area contributed by atoms with E-state index in [-0.39, 0.29) is 41.4 Å². The lowest BCUT2D eigenvalue weighted by atomic mass is 9.95. The molecule has 1 aromatic carbocycles. The van der Waals surface area contributed by atoms with Crippen molar-refractivity contribution in [2.24, 2.45) is 11.7 Å². The molecular weight excluding hydrogens is 340 g/mol. The minimum atomic E-state index is -0.602. The van der Waals surface area contributed by atoms with Gasteiger partial charge in [0.05, 0.1) is 23.1 Å². The van der Waals surface area contributed by atoms with Crippen molar-refractivity contribution < 1.29 is 19.3 Å². The minimum absolute atomic E-state index is 0.0300. The second-order valence-corrected chi connectivity index (χ2v) is 6.73. The van der Waals surface area contributed by atoms with Gasteiger partial charge in [-0.2, -0.15) is 0 Å². The summed E-state index contributed by atoms with van der Waals surface area (Å²) in [5.74, 6) is -1.29. The van der Waals surface area contributed by atoms with Gasteiger partial charge in [-0.25, -0.2) is 4.90 Å². The maximum absolute atomic E-state index is 12.9. The van der Waals surface area contributed by atoms with Gasteiger partial charge in [-0.3, -0.25) is 29.4 Å². The molecule has 9 heteroatoms. The Morgan fingerprint density at radius 3 is 2.50 bits per heavy atom. The third-order valence-corrected chi connectivity index (χ3v) is 5.14. The second-order valence-electron chi connectivity index (χ2n) is 6.73. The minimum Gasteiger partial charge on any atom is -0.369 e. The number of rotatable bonds is 4. The number of carbonyl (C=O) groups is 3. The molecular formula is C17H20N4O5. The predicted molar refractivity (Wildman–Crippen MR) is 92.2 cm³/mol. The van der Waals surface area contributed by atoms with E-state index in [0.29, 0.717) is 31.5 Å². The SMILES string of the molecule is Cc1ccc([N+](=O)[O-])cc1N1C(=O)CC(N2CCC(C(N)=O)CC2)C1=O. The molecule has 1 atom stereocenters. The van der Waals surface area contributed by atoms with E-state index in [1.165, 1.54) is 18.2 Å². The molecule has 2 saturated heterocycles. The fraction of sp³-hybridized carbons (Fsp3) is 0.471. The highest BCUT2D eigenvalue weighted by Gasteiger charge is 2.44. The van der Waals surface area contributed by atoms with Gasteiger partial charge in [-0.1, -0.05) is 6.07 Å². The van der Waals surface area contributed by atoms with Crippen LogP contribution in [0.15, 0.2) is 18.2 Å². The average molecular weight is 360 g/mol. The number of nitrogens with two attached hydrogens (primary N) is 1. The maximum atomic E-state index is 12.9. The Hall–Kier alpha value is -2.81. The van der Waals surface area contributed by atoms with E-state index >= 15 is 0 Å². The summed E-state index contributed by atoms with van der Waals surface area (Å²) in [5.41, 5.74) is 6.03. The second kappa shape index (κ2) is 6.83. The van der Waals surface area contributed by atoms with Crippen molar-refractivity contribution in [1.82, 2.24) is 4.90 Å². The number of benzene rings is 1. The zero-order valence-corrected chi connectivity index (χ0v) is 14.4. The van der Waals surface area contributed by atoms with Crippen molar-refractivity contribution in [3.63, 3.8) is 0 Å². The topological polar surface area (TPSA) is 127 Å². The summed E-state index contributed by atoms with van der Waals surface area (Å²) < 4.78 is 0. The lowest BCUT2D eigenvalue weighted by Gasteiger charge is -2.33. The third-order valence-electron chi connectivity index (χ3n) is 5.14. The van der Waals surface area contributed by atoms with E-state index in [0.717, 1.165) is 4.90 Å². The molecule has 2 aliphatic heterocycles. The highest BCUT2D eigenvalue weighted by molar-refractivity contribution is 6.22. The lowest BCUT2D eigenvalue weighted by molar-refractivity contribution is -0.384. The molecule has 2 fully saturated rings. The number of carbonyl (C=O) groups excluding carboxylic acids is 3. The van der Waals surface area contributed by atoms with E-state index in [9.17, 15) is 24.5 Å². The van der Waals surface area contributed by atoms with E-state index in [4.69, 9.17) is 5.73 Å². The van der Waals surface area contributed by atoms with Gasteiger partial charge in [0.2, 0.25) is 11.8 Å². The van der Waals surface area contributed by atoms with Crippen molar-refractivity contribution in [2.45, 2.75) is 32.2 Å². The number of nitrogens with zero attached hydrogens (tertiary/aromatic N) is 3. The number of nitro benzene ring substituents is 1. The Kier molecular flexibility index (Phi) is 4.73. The molecule has 0 saturated carbocycles. The largest absolute Gasteiger partial charge is 0.369 e. The van der Waals surface area contributed by atoms with Crippen molar-refractivity contribution in [2.75, 3.05) is 18.0 Å². The molecule has 1 aromatic rings. The van der Waals surface area contributed by atoms with Crippen LogP contribution in [0.3, 0.4) is 0 Å². The van der Waals surface area contributed by atoms with Gasteiger partial charge in [0, 0.05) is 18.1 Å². The molecule has 0 bridgehead atoms. The van der Waals surface area contributed by atoms with Gasteiger partial charge >= 0.3 is 0 Å². The van der Waals surface area contributed by atoms with Crippen molar-refractivity contribution in [3.05, 3.63) is 33.9 Å². The van der Waals surface area contributed by atoms with E-state index < -0.39 is 11.0 Å². The van der Waals surface area contributed by atoms with Crippen molar-refractivity contribution >= 4 is 29.1 Å². The Bertz CT molecular complexity index is 785. The van der Waals surface area contributed by atoms with Crippen LogP contribution < -0.4 is 10.6 Å². The number of non-ortho nitro benzene ring substituents is 1. The van der Waals surface area contributed by atoms with Gasteiger partial charge < -0.3 is 5.73 Å². The number of imide groups is 1. The number of nitro groups is 1. The normalized spacial score (nSPS) is 22.0. The molecule has 3 amide bonds. The van der Waals surface area contributed by atoms with Crippen LogP contribution in [-0.4, -0.2) is 46.7 Å². The molecule has 0 aliphatic carbocycles. The van der Waals surface area contributed by atoms with Gasteiger partial charge in [0.25, 0.3) is 11.6 Å². The smallest absolute Gasteiger partial charge is 0.271 e. The number of hydrogen-bond donors (Lipinski definition) is 1. The molecule has 3 rings (SSSR count). The Morgan fingerprint density at radius 2 is 1.92 bits per heavy atom. The molecule has 0 radical (unpaired) electrons. The average Bonchev–Trinajstić information content (AvgIpc) is 2.90. The molecule has 138 valence electrons. The van der Waals surface area contributed by atoms with Crippen LogP contribution in [0.4, 0.5) is 11.4 Å². The standard InChI is InChI=1S/C17H20N4O5/c1-10-2-3-12(21(25)26)8-13(10)20-15(22)9-14(17(20)24)19-6-4-11(5-7-19)16(18)23/h2-3,8,11,14H,4-7,9H2,1H3,(H2,18,23). The summed E-state index contributed by atoms with van der Waals surface area (Å²) in [6.45, 7) is 2.73. The highest BCUT2D eigenvalue weighted by Crippen LogP contribution is 2.32. The molecule has 2 heterocycles. The summed E-state index contributed by atoms with van der Waals surface area (Å²) in [6, 6.07) is 3.53. The zero-order valence-electron chi connectivity index (χ0n) is 14.4. The number of hydrogen-bond acceptors (Lipinski definition) is 6. The summed E-state index contributed by atoms with van der Waals surface area (Å²) in [6.07, 6.45) is 1.15. The van der Waals surface area contributed by atoms with Crippen LogP contribution in [0.2, 0.25) is 0 Å². The van der Waals surface area contributed by atoms with Crippen LogP contribution in [0, 0.1) is 23.0 Å². The third kappa shape index (κ3) is 3.17. The number of aryl methyl sites for hydroxylation is 1. The number of anilines is 1. The first kappa shape index (κ1) is 18.0. The highest BCUT2D eigenvalue weighted by atomic mass is 16.6. The first-order chi connectivity index (χ1) is 12.3. The predicted octanol–water partition coefficient (Wildman–Crippen LogP) is 0.732. The first-order valence-corrected chi connectivity index (χ1v) is 8.44. The van der Waals surface area contributed by atoms with E-state index in [1.54, 1.807) is 6.92 Å². The van der Waals surface area contributed by atoms with E-state index in [1.807, 2.05) is 4.90 Å². The number of likely N-dealkylation sites (tertiary alicyclic amines) is 1. The molecule has 1 unspecified atom stereocenters. The molecule has 0 spiro atoms. The van der Waals surface area contributed by atoms with Crippen molar-refractivity contribution in [3.8, 4) is 0 Å². The number of primary amides is 1. The summed E-state index contributed by atoms with van der Waals surface area (Å²) in [5, 5.41) is 11.0. The van der Waals surface area contributed by atoms with Gasteiger partial charge in [-0.15, -0.1) is 0 Å². The lowest BCUT2D eigenvalue weighted by Crippen LogP contribution is -2.47. The van der Waals surface area contributed by atoms with Crippen LogP contribution in [0.1, 0.15) is 24.8 Å². The van der Waals surface area contributed by atoms with Gasteiger partial charge in [-0.05, 0) is 38.4 Å². The zero-order chi connectivity index (χ0) is 19.0. The van der Waals surface area contributed by atoms with Gasteiger partial charge in [0.1, 0.15) is 0 Å².